The molecule has 2 aromatic carbocycles. The molecule has 2 rings (SSSR count). The van der Waals surface area contributed by atoms with Gasteiger partial charge in [-0.05, 0) is 30.3 Å². The maximum absolute atomic E-state index is 12.9. The van der Waals surface area contributed by atoms with E-state index in [-0.39, 0.29) is 22.0 Å². The zero-order valence-electron chi connectivity index (χ0n) is 12.5. The zero-order chi connectivity index (χ0) is 18.6. The minimum Gasteiger partial charge on any atom is -0.452 e. The molecular weight excluding hydrogens is 357 g/mol. The third-order valence-electron chi connectivity index (χ3n) is 3.00. The molecular formula is C15H11ClFN3O5. The normalized spacial score (nSPS) is 10.2. The van der Waals surface area contributed by atoms with Crippen LogP contribution < -0.4 is 11.1 Å². The molecule has 0 radical (unpaired) electrons. The number of amides is 1. The van der Waals surface area contributed by atoms with Crippen LogP contribution in [-0.2, 0) is 9.53 Å². The van der Waals surface area contributed by atoms with Crippen LogP contribution in [0.3, 0.4) is 0 Å². The van der Waals surface area contributed by atoms with Crippen molar-refractivity contribution in [2.45, 2.75) is 0 Å². The van der Waals surface area contributed by atoms with Crippen molar-refractivity contribution < 1.29 is 23.6 Å². The molecule has 0 aromatic heterocycles. The third-order valence-corrected chi connectivity index (χ3v) is 3.32. The van der Waals surface area contributed by atoms with Gasteiger partial charge in [-0.25, -0.2) is 9.18 Å². The number of benzene rings is 2. The number of carbonyl (C=O) groups excluding carboxylic acids is 2. The molecule has 0 bridgehead atoms. The summed E-state index contributed by atoms with van der Waals surface area (Å²) in [6, 6.07) is 6.73. The Labute approximate surface area is 145 Å². The van der Waals surface area contributed by atoms with Crippen LogP contribution in [-0.4, -0.2) is 23.4 Å². The molecule has 0 saturated heterocycles. The van der Waals surface area contributed by atoms with Crippen LogP contribution in [0.5, 0.6) is 0 Å². The van der Waals surface area contributed by atoms with Crippen molar-refractivity contribution in [1.29, 1.82) is 0 Å². The summed E-state index contributed by atoms with van der Waals surface area (Å²) in [5.74, 6) is -2.23. The molecule has 0 heterocycles. The van der Waals surface area contributed by atoms with E-state index in [2.05, 4.69) is 5.32 Å². The van der Waals surface area contributed by atoms with Crippen molar-refractivity contribution in [2.24, 2.45) is 0 Å². The molecule has 130 valence electrons. The average molecular weight is 368 g/mol. The largest absolute Gasteiger partial charge is 0.452 e. The molecule has 0 aliphatic carbocycles. The summed E-state index contributed by atoms with van der Waals surface area (Å²) in [7, 11) is 0. The standard InChI is InChI=1S/C15H11ClFN3O5/c16-10-6-9(17)2-4-12(10)19-14(21)7-25-15(22)8-1-3-11(18)13(5-8)20(23)24/h1-6H,7,18H2,(H,19,21). The lowest BCUT2D eigenvalue weighted by Gasteiger charge is -2.08. The average Bonchev–Trinajstić information content (AvgIpc) is 2.55. The lowest BCUT2D eigenvalue weighted by atomic mass is 10.2. The third kappa shape index (κ3) is 4.64. The number of nitro groups is 1. The second-order valence-electron chi connectivity index (χ2n) is 4.78. The second-order valence-corrected chi connectivity index (χ2v) is 5.19. The Hall–Kier alpha value is -3.20. The highest BCUT2D eigenvalue weighted by Gasteiger charge is 2.17. The zero-order valence-corrected chi connectivity index (χ0v) is 13.2. The number of nitrogens with one attached hydrogen (secondary N) is 1. The van der Waals surface area contributed by atoms with Crippen LogP contribution in [0.25, 0.3) is 0 Å². The molecule has 0 spiro atoms. The maximum atomic E-state index is 12.9. The number of hydrogen-bond donors (Lipinski definition) is 2. The number of halogens is 2. The van der Waals surface area contributed by atoms with Crippen LogP contribution in [0, 0.1) is 15.9 Å². The van der Waals surface area contributed by atoms with Gasteiger partial charge in [0.05, 0.1) is 21.2 Å². The van der Waals surface area contributed by atoms with Gasteiger partial charge < -0.3 is 15.8 Å². The van der Waals surface area contributed by atoms with Gasteiger partial charge in [-0.2, -0.15) is 0 Å². The number of anilines is 2. The lowest BCUT2D eigenvalue weighted by molar-refractivity contribution is -0.383. The molecule has 0 saturated carbocycles. The Morgan fingerprint density at radius 1 is 1.28 bits per heavy atom. The molecule has 0 aliphatic rings. The molecule has 1 amide bonds. The van der Waals surface area contributed by atoms with Gasteiger partial charge in [-0.3, -0.25) is 14.9 Å². The van der Waals surface area contributed by atoms with E-state index in [0.29, 0.717) is 0 Å². The highest BCUT2D eigenvalue weighted by molar-refractivity contribution is 6.33. The monoisotopic (exact) mass is 367 g/mol. The van der Waals surface area contributed by atoms with Gasteiger partial charge in [0.2, 0.25) is 0 Å². The van der Waals surface area contributed by atoms with Gasteiger partial charge >= 0.3 is 5.97 Å². The number of hydrogen-bond acceptors (Lipinski definition) is 6. The van der Waals surface area contributed by atoms with E-state index < -0.39 is 34.9 Å². The number of nitrogen functional groups attached to an aromatic ring is 1. The Bertz CT molecular complexity index is 859. The van der Waals surface area contributed by atoms with Crippen LogP contribution in [0.4, 0.5) is 21.5 Å². The summed E-state index contributed by atoms with van der Waals surface area (Å²) >= 11 is 5.76. The highest BCUT2D eigenvalue weighted by atomic mass is 35.5. The lowest BCUT2D eigenvalue weighted by Crippen LogP contribution is -2.21. The van der Waals surface area contributed by atoms with Crippen molar-refractivity contribution in [2.75, 3.05) is 17.7 Å². The van der Waals surface area contributed by atoms with Crippen LogP contribution in [0.2, 0.25) is 5.02 Å². The SMILES string of the molecule is Nc1ccc(C(=O)OCC(=O)Nc2ccc(F)cc2Cl)cc1[N+](=O)[O-]. The van der Waals surface area contributed by atoms with Crippen LogP contribution >= 0.6 is 11.6 Å². The Morgan fingerprint density at radius 2 is 2.00 bits per heavy atom. The topological polar surface area (TPSA) is 125 Å². The number of carbonyl (C=O) groups is 2. The van der Waals surface area contributed by atoms with E-state index in [1.54, 1.807) is 0 Å². The molecule has 0 aliphatic heterocycles. The Balaban J connectivity index is 1.98. The van der Waals surface area contributed by atoms with Gasteiger partial charge in [-0.15, -0.1) is 0 Å². The van der Waals surface area contributed by atoms with E-state index in [9.17, 15) is 24.1 Å². The number of esters is 1. The Kier molecular flexibility index (Phi) is 5.50. The smallest absolute Gasteiger partial charge is 0.338 e. The van der Waals surface area contributed by atoms with E-state index in [1.165, 1.54) is 18.2 Å². The summed E-state index contributed by atoms with van der Waals surface area (Å²) in [4.78, 5) is 33.7. The van der Waals surface area contributed by atoms with Gasteiger partial charge in [-0.1, -0.05) is 11.6 Å². The van der Waals surface area contributed by atoms with Gasteiger partial charge in [0.25, 0.3) is 11.6 Å². The summed E-state index contributed by atoms with van der Waals surface area (Å²) in [5.41, 5.74) is 4.89. The number of ether oxygens (including phenoxy) is 1. The fourth-order valence-corrected chi connectivity index (χ4v) is 2.03. The van der Waals surface area contributed by atoms with Crippen molar-refractivity contribution >= 4 is 40.5 Å². The first kappa shape index (κ1) is 18.1. The highest BCUT2D eigenvalue weighted by Crippen LogP contribution is 2.23. The maximum Gasteiger partial charge on any atom is 0.338 e. The number of nitrogens with zero attached hydrogens (tertiary/aromatic N) is 1. The number of nitro benzene ring substituents is 1. The first-order valence-electron chi connectivity index (χ1n) is 6.74. The Morgan fingerprint density at radius 3 is 2.64 bits per heavy atom. The summed E-state index contributed by atoms with van der Waals surface area (Å²) in [6.07, 6.45) is 0. The molecule has 10 heteroatoms. The van der Waals surface area contributed by atoms with E-state index in [0.717, 1.165) is 18.2 Å². The molecule has 0 unspecified atom stereocenters. The molecule has 8 nitrogen and oxygen atoms in total. The molecule has 2 aromatic rings. The second kappa shape index (κ2) is 7.58. The molecule has 0 fully saturated rings. The molecule has 0 atom stereocenters. The quantitative estimate of drug-likeness (QED) is 0.362. The minimum absolute atomic E-state index is 0.0196. The minimum atomic E-state index is -0.941. The van der Waals surface area contributed by atoms with Gasteiger partial charge in [0, 0.05) is 6.07 Å². The first-order valence-corrected chi connectivity index (χ1v) is 7.11. The van der Waals surface area contributed by atoms with Crippen LogP contribution in [0.15, 0.2) is 36.4 Å². The van der Waals surface area contributed by atoms with Crippen molar-refractivity contribution in [1.82, 2.24) is 0 Å². The van der Waals surface area contributed by atoms with E-state index in [4.69, 9.17) is 22.1 Å². The fourth-order valence-electron chi connectivity index (χ4n) is 1.82. The van der Waals surface area contributed by atoms with Crippen molar-refractivity contribution in [3.63, 3.8) is 0 Å². The van der Waals surface area contributed by atoms with E-state index >= 15 is 0 Å². The van der Waals surface area contributed by atoms with E-state index in [1.807, 2.05) is 0 Å². The summed E-state index contributed by atoms with van der Waals surface area (Å²) < 4.78 is 17.7. The number of rotatable bonds is 5. The van der Waals surface area contributed by atoms with Crippen molar-refractivity contribution in [3.05, 3.63) is 62.9 Å². The molecule has 3 N–H and O–H groups in total. The predicted molar refractivity (Wildman–Crippen MR) is 87.8 cm³/mol. The van der Waals surface area contributed by atoms with Crippen molar-refractivity contribution in [3.8, 4) is 0 Å². The first-order chi connectivity index (χ1) is 11.8. The fraction of sp³-hybridized carbons (Fsp3) is 0.0667. The van der Waals surface area contributed by atoms with Crippen LogP contribution in [0.1, 0.15) is 10.4 Å². The summed E-state index contributed by atoms with van der Waals surface area (Å²) in [5, 5.41) is 13.1. The number of nitrogens with two attached hydrogens (primary N) is 1. The molecule has 25 heavy (non-hydrogen) atoms. The van der Waals surface area contributed by atoms with Gasteiger partial charge in [0.1, 0.15) is 11.5 Å². The predicted octanol–water partition coefficient (Wildman–Crippen LogP) is 2.77. The summed E-state index contributed by atoms with van der Waals surface area (Å²) in [6.45, 7) is -0.662. The van der Waals surface area contributed by atoms with Gasteiger partial charge in [0.15, 0.2) is 6.61 Å².